The van der Waals surface area contributed by atoms with Gasteiger partial charge >= 0.3 is 0 Å². The normalized spacial score (nSPS) is 12.1. The van der Waals surface area contributed by atoms with E-state index in [2.05, 4.69) is 10.6 Å². The molecule has 0 bridgehead atoms. The molecule has 0 aliphatic rings. The van der Waals surface area contributed by atoms with Gasteiger partial charge in [0, 0.05) is 5.69 Å². The lowest BCUT2D eigenvalue weighted by molar-refractivity contribution is -0.125. The first-order valence-corrected chi connectivity index (χ1v) is 6.99. The molecule has 116 valence electrons. The average molecular weight is 334 g/mol. The van der Waals surface area contributed by atoms with Gasteiger partial charge in [0.25, 0.3) is 0 Å². The highest BCUT2D eigenvalue weighted by Crippen LogP contribution is 2.34. The van der Waals surface area contributed by atoms with Crippen molar-refractivity contribution in [2.24, 2.45) is 11.7 Å². The Morgan fingerprint density at radius 1 is 1.29 bits per heavy atom. The van der Waals surface area contributed by atoms with E-state index in [1.807, 2.05) is 13.8 Å². The minimum absolute atomic E-state index is 0.0173. The van der Waals surface area contributed by atoms with Crippen LogP contribution in [0.3, 0.4) is 0 Å². The van der Waals surface area contributed by atoms with Crippen LogP contribution in [0.5, 0.6) is 5.75 Å². The third-order valence-electron chi connectivity index (χ3n) is 2.74. The summed E-state index contributed by atoms with van der Waals surface area (Å²) in [5.41, 5.74) is 5.96. The van der Waals surface area contributed by atoms with Crippen LogP contribution >= 0.6 is 23.2 Å². The Bertz CT molecular complexity index is 526. The van der Waals surface area contributed by atoms with Crippen LogP contribution in [0.15, 0.2) is 12.1 Å². The zero-order valence-electron chi connectivity index (χ0n) is 11.6. The van der Waals surface area contributed by atoms with Gasteiger partial charge in [0.1, 0.15) is 0 Å². The van der Waals surface area contributed by atoms with E-state index in [-0.39, 0.29) is 28.3 Å². The molecule has 0 aliphatic heterocycles. The van der Waals surface area contributed by atoms with Crippen molar-refractivity contribution < 1.29 is 14.7 Å². The minimum Gasteiger partial charge on any atom is -0.505 e. The molecule has 0 radical (unpaired) electrons. The third kappa shape index (κ3) is 5.08. The highest BCUT2D eigenvalue weighted by atomic mass is 35.5. The van der Waals surface area contributed by atoms with Gasteiger partial charge in [-0.15, -0.1) is 0 Å². The topological polar surface area (TPSA) is 104 Å². The molecule has 0 aromatic heterocycles. The van der Waals surface area contributed by atoms with Crippen LogP contribution in [0.4, 0.5) is 5.69 Å². The number of hydrogen-bond acceptors (Lipinski definition) is 4. The Kier molecular flexibility index (Phi) is 6.26. The van der Waals surface area contributed by atoms with Gasteiger partial charge in [-0.1, -0.05) is 37.0 Å². The van der Waals surface area contributed by atoms with Crippen molar-refractivity contribution in [2.45, 2.75) is 19.9 Å². The fourth-order valence-corrected chi connectivity index (χ4v) is 1.92. The fraction of sp³-hybridized carbons (Fsp3) is 0.385. The van der Waals surface area contributed by atoms with Crippen molar-refractivity contribution in [1.82, 2.24) is 5.32 Å². The second-order valence-electron chi connectivity index (χ2n) is 4.82. The van der Waals surface area contributed by atoms with Crippen molar-refractivity contribution in [2.75, 3.05) is 11.9 Å². The molecule has 1 rings (SSSR count). The Morgan fingerprint density at radius 3 is 2.29 bits per heavy atom. The van der Waals surface area contributed by atoms with Crippen molar-refractivity contribution in [3.8, 4) is 5.75 Å². The average Bonchev–Trinajstić information content (AvgIpc) is 2.41. The molecule has 0 aliphatic carbocycles. The lowest BCUT2D eigenvalue weighted by Crippen LogP contribution is -2.46. The van der Waals surface area contributed by atoms with Crippen molar-refractivity contribution in [3.05, 3.63) is 22.2 Å². The standard InChI is InChI=1S/C13H17Cl2N3O3/c1-6(2)11(16)13(21)17-5-10(19)18-7-3-8(14)12(20)9(15)4-7/h3-4,6,11,20H,5,16H2,1-2H3,(H,17,21)(H,18,19)/t11-/m0/s1. The number of aromatic hydroxyl groups is 1. The van der Waals surface area contributed by atoms with Crippen LogP contribution in [-0.4, -0.2) is 29.5 Å². The van der Waals surface area contributed by atoms with Crippen molar-refractivity contribution in [3.63, 3.8) is 0 Å². The number of rotatable bonds is 5. The quantitative estimate of drug-likeness (QED) is 0.616. The van der Waals surface area contributed by atoms with Gasteiger partial charge in [0.05, 0.1) is 22.6 Å². The fourth-order valence-electron chi connectivity index (χ4n) is 1.43. The Balaban J connectivity index is 2.57. The van der Waals surface area contributed by atoms with Gasteiger partial charge in [-0.05, 0) is 18.1 Å². The number of anilines is 1. The molecule has 0 heterocycles. The molecule has 0 unspecified atom stereocenters. The number of nitrogens with two attached hydrogens (primary N) is 1. The van der Waals surface area contributed by atoms with Crippen LogP contribution in [0.1, 0.15) is 13.8 Å². The highest BCUT2D eigenvalue weighted by Gasteiger charge is 2.17. The summed E-state index contributed by atoms with van der Waals surface area (Å²) in [6.07, 6.45) is 0. The van der Waals surface area contributed by atoms with Crippen molar-refractivity contribution >= 4 is 40.7 Å². The maximum atomic E-state index is 11.7. The van der Waals surface area contributed by atoms with Gasteiger partial charge in [0.2, 0.25) is 11.8 Å². The Labute approximate surface area is 132 Å². The van der Waals surface area contributed by atoms with E-state index < -0.39 is 17.9 Å². The number of phenolic OH excluding ortho intramolecular Hbond substituents is 1. The summed E-state index contributed by atoms with van der Waals surface area (Å²) in [5.74, 6) is -1.14. The van der Waals surface area contributed by atoms with Crippen LogP contribution in [0.25, 0.3) is 0 Å². The summed E-state index contributed by atoms with van der Waals surface area (Å²) in [5, 5.41) is 14.4. The molecule has 21 heavy (non-hydrogen) atoms. The Hall–Kier alpha value is -1.50. The summed E-state index contributed by atoms with van der Waals surface area (Å²) >= 11 is 11.5. The maximum absolute atomic E-state index is 11.7. The summed E-state index contributed by atoms with van der Waals surface area (Å²) in [4.78, 5) is 23.3. The number of carbonyl (C=O) groups excluding carboxylic acids is 2. The molecule has 6 nitrogen and oxygen atoms in total. The van der Waals surface area contributed by atoms with Gasteiger partial charge < -0.3 is 21.5 Å². The lowest BCUT2D eigenvalue weighted by atomic mass is 10.1. The first-order valence-electron chi connectivity index (χ1n) is 6.23. The number of hydrogen-bond donors (Lipinski definition) is 4. The monoisotopic (exact) mass is 333 g/mol. The van der Waals surface area contributed by atoms with Crippen LogP contribution in [0, 0.1) is 5.92 Å². The molecule has 0 saturated carbocycles. The zero-order valence-corrected chi connectivity index (χ0v) is 13.1. The van der Waals surface area contributed by atoms with E-state index in [1.54, 1.807) is 0 Å². The number of nitrogens with one attached hydrogen (secondary N) is 2. The number of halogens is 2. The molecular formula is C13H17Cl2N3O3. The second-order valence-corrected chi connectivity index (χ2v) is 5.64. The smallest absolute Gasteiger partial charge is 0.243 e. The predicted molar refractivity (Wildman–Crippen MR) is 82.6 cm³/mol. The summed E-state index contributed by atoms with van der Waals surface area (Å²) < 4.78 is 0. The molecule has 5 N–H and O–H groups in total. The molecule has 1 atom stereocenters. The van der Waals surface area contributed by atoms with Gasteiger partial charge in [-0.25, -0.2) is 0 Å². The molecule has 1 aromatic rings. The predicted octanol–water partition coefficient (Wildman–Crippen LogP) is 1.74. The largest absolute Gasteiger partial charge is 0.505 e. The van der Waals surface area contributed by atoms with Gasteiger partial charge in [0.15, 0.2) is 5.75 Å². The number of phenols is 1. The molecule has 2 amide bonds. The van der Waals surface area contributed by atoms with Crippen LogP contribution in [-0.2, 0) is 9.59 Å². The van der Waals surface area contributed by atoms with E-state index in [0.29, 0.717) is 5.69 Å². The molecule has 0 saturated heterocycles. The summed E-state index contributed by atoms with van der Waals surface area (Å²) in [6, 6.07) is 2.03. The molecule has 0 spiro atoms. The van der Waals surface area contributed by atoms with Gasteiger partial charge in [-0.3, -0.25) is 9.59 Å². The number of benzene rings is 1. The lowest BCUT2D eigenvalue weighted by Gasteiger charge is -2.15. The SMILES string of the molecule is CC(C)[C@H](N)C(=O)NCC(=O)Nc1cc(Cl)c(O)c(Cl)c1. The van der Waals surface area contributed by atoms with Crippen LogP contribution < -0.4 is 16.4 Å². The molecular weight excluding hydrogens is 317 g/mol. The first-order chi connectivity index (χ1) is 9.72. The van der Waals surface area contributed by atoms with Crippen molar-refractivity contribution in [1.29, 1.82) is 0 Å². The van der Waals surface area contributed by atoms with E-state index in [4.69, 9.17) is 28.9 Å². The summed E-state index contributed by atoms with van der Waals surface area (Å²) in [7, 11) is 0. The van der Waals surface area contributed by atoms with E-state index >= 15 is 0 Å². The molecule has 0 fully saturated rings. The second kappa shape index (κ2) is 7.49. The first kappa shape index (κ1) is 17.6. The van der Waals surface area contributed by atoms with Crippen LogP contribution in [0.2, 0.25) is 10.0 Å². The van der Waals surface area contributed by atoms with E-state index in [9.17, 15) is 14.7 Å². The van der Waals surface area contributed by atoms with E-state index in [0.717, 1.165) is 0 Å². The Morgan fingerprint density at radius 2 is 1.81 bits per heavy atom. The number of carbonyl (C=O) groups is 2. The molecule has 1 aromatic carbocycles. The highest BCUT2D eigenvalue weighted by molar-refractivity contribution is 6.37. The third-order valence-corrected chi connectivity index (χ3v) is 3.32. The number of amides is 2. The van der Waals surface area contributed by atoms with Gasteiger partial charge in [-0.2, -0.15) is 0 Å². The maximum Gasteiger partial charge on any atom is 0.243 e. The molecule has 8 heteroatoms. The van der Waals surface area contributed by atoms with E-state index in [1.165, 1.54) is 12.1 Å². The summed E-state index contributed by atoms with van der Waals surface area (Å²) in [6.45, 7) is 3.39. The minimum atomic E-state index is -0.671. The zero-order chi connectivity index (χ0) is 16.2.